The minimum Gasteiger partial charge on any atom is -0.394 e. The van der Waals surface area contributed by atoms with Gasteiger partial charge in [0.2, 0.25) is 0 Å². The van der Waals surface area contributed by atoms with Crippen LogP contribution in [0.3, 0.4) is 0 Å². The summed E-state index contributed by atoms with van der Waals surface area (Å²) in [5, 5.41) is 28.7. The Morgan fingerprint density at radius 1 is 1.18 bits per heavy atom. The van der Waals surface area contributed by atoms with Crippen molar-refractivity contribution in [2.75, 3.05) is 13.7 Å². The van der Waals surface area contributed by atoms with E-state index in [1.807, 2.05) is 20.8 Å². The fraction of sp³-hybridized carbons (Fsp3) is 1.00. The predicted molar refractivity (Wildman–Crippen MR) is 59.4 cm³/mol. The molecule has 1 rings (SSSR count). The predicted octanol–water partition coefficient (Wildman–Crippen LogP) is -0.745. The molecule has 0 aromatic rings. The van der Waals surface area contributed by atoms with Crippen LogP contribution in [0.5, 0.6) is 0 Å². The van der Waals surface area contributed by atoms with E-state index in [2.05, 4.69) is 0 Å². The summed E-state index contributed by atoms with van der Waals surface area (Å²) in [5.74, 6) is 0. The molecule has 1 saturated heterocycles. The Labute approximate surface area is 101 Å². The number of aliphatic hydroxyl groups excluding tert-OH is 3. The van der Waals surface area contributed by atoms with Crippen molar-refractivity contribution in [3.8, 4) is 0 Å². The second-order valence-electron chi connectivity index (χ2n) is 5.14. The van der Waals surface area contributed by atoms with Gasteiger partial charge in [-0.2, -0.15) is 0 Å². The summed E-state index contributed by atoms with van der Waals surface area (Å²) in [6.07, 6.45) is -4.83. The third kappa shape index (κ3) is 3.61. The highest BCUT2D eigenvalue weighted by Crippen LogP contribution is 2.27. The van der Waals surface area contributed by atoms with E-state index in [0.717, 1.165) is 0 Å². The van der Waals surface area contributed by atoms with Crippen LogP contribution in [0.4, 0.5) is 0 Å². The number of rotatable bonds is 3. The first kappa shape index (κ1) is 14.8. The molecule has 0 radical (unpaired) electrons. The van der Waals surface area contributed by atoms with Crippen LogP contribution in [0.15, 0.2) is 0 Å². The third-order valence-electron chi connectivity index (χ3n) is 2.55. The van der Waals surface area contributed by atoms with Gasteiger partial charge in [-0.25, -0.2) is 0 Å². The van der Waals surface area contributed by atoms with Crippen molar-refractivity contribution >= 4 is 0 Å². The Kier molecular flexibility index (Phi) is 4.88. The van der Waals surface area contributed by atoms with Crippen LogP contribution >= 0.6 is 0 Å². The van der Waals surface area contributed by atoms with E-state index in [1.54, 1.807) is 0 Å². The van der Waals surface area contributed by atoms with Gasteiger partial charge in [0.25, 0.3) is 0 Å². The average molecular weight is 250 g/mol. The Bertz CT molecular complexity index is 237. The molecule has 5 atom stereocenters. The van der Waals surface area contributed by atoms with E-state index in [0.29, 0.717) is 0 Å². The van der Waals surface area contributed by atoms with E-state index in [4.69, 9.17) is 19.3 Å². The summed E-state index contributed by atoms with van der Waals surface area (Å²) in [4.78, 5) is 0. The van der Waals surface area contributed by atoms with Gasteiger partial charge in [0, 0.05) is 7.11 Å². The minimum atomic E-state index is -1.20. The standard InChI is InChI=1S/C11H22O6/c1-11(2,3)17-9-8(14)7(13)6(5-12)16-10(9)15-4/h6-10,12-14H,5H2,1-4H3/t6?,7-,8+,9?,10-/m1/s1. The van der Waals surface area contributed by atoms with Gasteiger partial charge < -0.3 is 29.5 Å². The van der Waals surface area contributed by atoms with Gasteiger partial charge in [0.05, 0.1) is 12.2 Å². The lowest BCUT2D eigenvalue weighted by Gasteiger charge is -2.43. The molecule has 17 heavy (non-hydrogen) atoms. The van der Waals surface area contributed by atoms with Crippen LogP contribution in [-0.4, -0.2) is 65.3 Å². The molecule has 6 heteroatoms. The van der Waals surface area contributed by atoms with E-state index < -0.39 is 36.3 Å². The maximum absolute atomic E-state index is 9.96. The van der Waals surface area contributed by atoms with Crippen molar-refractivity contribution in [3.05, 3.63) is 0 Å². The first-order valence-corrected chi connectivity index (χ1v) is 5.63. The molecule has 0 aliphatic carbocycles. The summed E-state index contributed by atoms with van der Waals surface area (Å²) in [6, 6.07) is 0. The van der Waals surface area contributed by atoms with Crippen LogP contribution in [0.1, 0.15) is 20.8 Å². The summed E-state index contributed by atoms with van der Waals surface area (Å²) >= 11 is 0. The van der Waals surface area contributed by atoms with E-state index in [1.165, 1.54) is 7.11 Å². The molecule has 0 aromatic carbocycles. The second-order valence-corrected chi connectivity index (χ2v) is 5.14. The highest BCUT2D eigenvalue weighted by atomic mass is 16.7. The lowest BCUT2D eigenvalue weighted by atomic mass is 9.98. The zero-order valence-corrected chi connectivity index (χ0v) is 10.7. The Hall–Kier alpha value is -0.240. The van der Waals surface area contributed by atoms with E-state index in [9.17, 15) is 10.2 Å². The van der Waals surface area contributed by atoms with Crippen LogP contribution in [0, 0.1) is 0 Å². The fourth-order valence-corrected chi connectivity index (χ4v) is 1.78. The fourth-order valence-electron chi connectivity index (χ4n) is 1.78. The monoisotopic (exact) mass is 250 g/mol. The lowest BCUT2D eigenvalue weighted by molar-refractivity contribution is -0.317. The normalized spacial score (nSPS) is 39.4. The summed E-state index contributed by atoms with van der Waals surface area (Å²) in [7, 11) is 1.42. The first-order valence-electron chi connectivity index (χ1n) is 5.63. The molecule has 0 spiro atoms. The molecule has 0 bridgehead atoms. The van der Waals surface area contributed by atoms with Crippen LogP contribution in [0.2, 0.25) is 0 Å². The molecule has 0 amide bonds. The van der Waals surface area contributed by atoms with Gasteiger partial charge in [-0.05, 0) is 20.8 Å². The SMILES string of the molecule is CO[C@@H]1OC(CO)[C@@H](O)[C@H](O)C1OC(C)(C)C. The highest BCUT2D eigenvalue weighted by Gasteiger charge is 2.46. The number of hydrogen-bond donors (Lipinski definition) is 3. The van der Waals surface area contributed by atoms with Crippen molar-refractivity contribution in [3.63, 3.8) is 0 Å². The van der Waals surface area contributed by atoms with Crippen LogP contribution in [-0.2, 0) is 14.2 Å². The van der Waals surface area contributed by atoms with E-state index in [-0.39, 0.29) is 6.61 Å². The Morgan fingerprint density at radius 2 is 1.76 bits per heavy atom. The van der Waals surface area contributed by atoms with Crippen LogP contribution in [0.25, 0.3) is 0 Å². The summed E-state index contributed by atoms with van der Waals surface area (Å²) < 4.78 is 16.0. The van der Waals surface area contributed by atoms with Gasteiger partial charge in [0.1, 0.15) is 24.4 Å². The highest BCUT2D eigenvalue weighted by molar-refractivity contribution is 4.91. The molecule has 1 aliphatic rings. The summed E-state index contributed by atoms with van der Waals surface area (Å²) in [6.45, 7) is 5.10. The van der Waals surface area contributed by atoms with Gasteiger partial charge in [0.15, 0.2) is 6.29 Å². The molecule has 1 heterocycles. The number of ether oxygens (including phenoxy) is 3. The zero-order chi connectivity index (χ0) is 13.2. The molecule has 2 unspecified atom stereocenters. The van der Waals surface area contributed by atoms with Crippen molar-refractivity contribution in [1.29, 1.82) is 0 Å². The minimum absolute atomic E-state index is 0.389. The number of aliphatic hydroxyl groups is 3. The molecule has 0 aromatic heterocycles. The number of methoxy groups -OCH3 is 1. The number of hydrogen-bond acceptors (Lipinski definition) is 6. The topological polar surface area (TPSA) is 88.4 Å². The quantitative estimate of drug-likeness (QED) is 0.611. The van der Waals surface area contributed by atoms with Gasteiger partial charge in [-0.1, -0.05) is 0 Å². The Morgan fingerprint density at radius 3 is 2.18 bits per heavy atom. The average Bonchev–Trinajstić information content (AvgIpc) is 2.24. The first-order chi connectivity index (χ1) is 7.80. The van der Waals surface area contributed by atoms with Crippen LogP contribution < -0.4 is 0 Å². The van der Waals surface area contributed by atoms with Crippen molar-refractivity contribution in [1.82, 2.24) is 0 Å². The van der Waals surface area contributed by atoms with Gasteiger partial charge in [-0.15, -0.1) is 0 Å². The summed E-state index contributed by atoms with van der Waals surface area (Å²) in [5.41, 5.74) is -0.502. The van der Waals surface area contributed by atoms with Crippen molar-refractivity contribution in [2.24, 2.45) is 0 Å². The molecule has 1 fully saturated rings. The van der Waals surface area contributed by atoms with Crippen molar-refractivity contribution < 1.29 is 29.5 Å². The third-order valence-corrected chi connectivity index (χ3v) is 2.55. The maximum Gasteiger partial charge on any atom is 0.186 e. The zero-order valence-electron chi connectivity index (χ0n) is 10.7. The van der Waals surface area contributed by atoms with Crippen molar-refractivity contribution in [2.45, 2.75) is 57.1 Å². The smallest absolute Gasteiger partial charge is 0.186 e. The molecule has 3 N–H and O–H groups in total. The van der Waals surface area contributed by atoms with E-state index >= 15 is 0 Å². The van der Waals surface area contributed by atoms with Gasteiger partial charge >= 0.3 is 0 Å². The molecule has 6 nitrogen and oxygen atoms in total. The molecular weight excluding hydrogens is 228 g/mol. The molecule has 1 aliphatic heterocycles. The maximum atomic E-state index is 9.96. The molecule has 0 saturated carbocycles. The Balaban J connectivity index is 2.79. The lowest BCUT2D eigenvalue weighted by Crippen LogP contribution is -2.61. The molecule has 102 valence electrons. The van der Waals surface area contributed by atoms with Gasteiger partial charge in [-0.3, -0.25) is 0 Å². The molecular formula is C11H22O6. The largest absolute Gasteiger partial charge is 0.394 e. The second kappa shape index (κ2) is 5.60.